The first-order valence-corrected chi connectivity index (χ1v) is 9.05. The van der Waals surface area contributed by atoms with Gasteiger partial charge in [0.1, 0.15) is 17.8 Å². The highest BCUT2D eigenvalue weighted by Crippen LogP contribution is 2.30. The van der Waals surface area contributed by atoms with Crippen molar-refractivity contribution in [3.05, 3.63) is 30.4 Å². The number of halogens is 3. The number of nitrogens with zero attached hydrogens (tertiary/aromatic N) is 5. The predicted molar refractivity (Wildman–Crippen MR) is 101 cm³/mol. The highest BCUT2D eigenvalue weighted by atomic mass is 19.4. The lowest BCUT2D eigenvalue weighted by molar-refractivity contribution is -0.141. The third-order valence-corrected chi connectivity index (χ3v) is 4.44. The Bertz CT molecular complexity index is 935. The topological polar surface area (TPSA) is 80.6 Å². The second kappa shape index (κ2) is 8.09. The summed E-state index contributed by atoms with van der Waals surface area (Å²) in [7, 11) is 1.88. The van der Waals surface area contributed by atoms with Gasteiger partial charge in [0.25, 0.3) is 0 Å². The molecule has 150 valence electrons. The SMILES string of the molecule is CCC(CNC)Nc1ncnc2c1nc(-c1ccc(C(F)(F)F)nc1)n2CC. The van der Waals surface area contributed by atoms with E-state index in [9.17, 15) is 13.2 Å². The van der Waals surface area contributed by atoms with Crippen LogP contribution in [0.15, 0.2) is 24.7 Å². The van der Waals surface area contributed by atoms with Gasteiger partial charge in [-0.2, -0.15) is 13.2 Å². The average Bonchev–Trinajstić information content (AvgIpc) is 3.06. The summed E-state index contributed by atoms with van der Waals surface area (Å²) < 4.78 is 40.2. The third kappa shape index (κ3) is 3.91. The van der Waals surface area contributed by atoms with Crippen molar-refractivity contribution in [2.75, 3.05) is 18.9 Å². The molecule has 0 aliphatic carbocycles. The van der Waals surface area contributed by atoms with E-state index in [1.807, 2.05) is 18.5 Å². The largest absolute Gasteiger partial charge is 0.433 e. The Kier molecular flexibility index (Phi) is 5.78. The number of fused-ring (bicyclic) bond motifs is 1. The molecular formula is C18H22F3N7. The van der Waals surface area contributed by atoms with Crippen LogP contribution < -0.4 is 10.6 Å². The minimum absolute atomic E-state index is 0.158. The molecular weight excluding hydrogens is 371 g/mol. The Balaban J connectivity index is 2.05. The number of imidazole rings is 1. The quantitative estimate of drug-likeness (QED) is 0.641. The van der Waals surface area contributed by atoms with E-state index in [0.717, 1.165) is 19.0 Å². The summed E-state index contributed by atoms with van der Waals surface area (Å²) in [4.78, 5) is 16.8. The van der Waals surface area contributed by atoms with E-state index in [1.54, 1.807) is 0 Å². The third-order valence-electron chi connectivity index (χ3n) is 4.44. The second-order valence-electron chi connectivity index (χ2n) is 6.31. The molecule has 3 rings (SSSR count). The number of aromatic nitrogens is 5. The summed E-state index contributed by atoms with van der Waals surface area (Å²) in [5.41, 5.74) is 0.750. The van der Waals surface area contributed by atoms with Crippen LogP contribution >= 0.6 is 0 Å². The maximum Gasteiger partial charge on any atom is 0.433 e. The summed E-state index contributed by atoms with van der Waals surface area (Å²) in [5.74, 6) is 1.10. The predicted octanol–water partition coefficient (Wildman–Crippen LogP) is 3.34. The maximum atomic E-state index is 12.8. The smallest absolute Gasteiger partial charge is 0.364 e. The Morgan fingerprint density at radius 1 is 1.14 bits per heavy atom. The summed E-state index contributed by atoms with van der Waals surface area (Å²) >= 11 is 0. The molecule has 0 aliphatic rings. The average molecular weight is 393 g/mol. The maximum absolute atomic E-state index is 12.8. The van der Waals surface area contributed by atoms with Gasteiger partial charge in [0.05, 0.1) is 0 Å². The minimum atomic E-state index is -4.48. The van der Waals surface area contributed by atoms with Gasteiger partial charge in [-0.15, -0.1) is 0 Å². The van der Waals surface area contributed by atoms with Gasteiger partial charge < -0.3 is 15.2 Å². The van der Waals surface area contributed by atoms with Gasteiger partial charge >= 0.3 is 6.18 Å². The molecule has 3 aromatic rings. The van der Waals surface area contributed by atoms with Crippen molar-refractivity contribution in [2.45, 2.75) is 39.0 Å². The van der Waals surface area contributed by atoms with E-state index < -0.39 is 11.9 Å². The zero-order valence-corrected chi connectivity index (χ0v) is 15.9. The highest BCUT2D eigenvalue weighted by Gasteiger charge is 2.32. The van der Waals surface area contributed by atoms with Crippen LogP contribution in [0.25, 0.3) is 22.6 Å². The van der Waals surface area contributed by atoms with Crippen molar-refractivity contribution >= 4 is 17.0 Å². The lowest BCUT2D eigenvalue weighted by Crippen LogP contribution is -2.30. The Hall–Kier alpha value is -2.75. The molecule has 0 spiro atoms. The normalized spacial score (nSPS) is 13.1. The van der Waals surface area contributed by atoms with Gasteiger partial charge in [-0.1, -0.05) is 6.92 Å². The summed E-state index contributed by atoms with van der Waals surface area (Å²) in [6, 6.07) is 2.49. The van der Waals surface area contributed by atoms with Crippen LogP contribution in [0.4, 0.5) is 19.0 Å². The molecule has 0 saturated carbocycles. The number of alkyl halides is 3. The minimum Gasteiger partial charge on any atom is -0.364 e. The molecule has 0 radical (unpaired) electrons. The number of pyridine rings is 1. The lowest BCUT2D eigenvalue weighted by atomic mass is 10.2. The summed E-state index contributed by atoms with van der Waals surface area (Å²) in [5, 5.41) is 6.49. The first-order valence-electron chi connectivity index (χ1n) is 9.05. The number of rotatable bonds is 7. The zero-order chi connectivity index (χ0) is 20.3. The van der Waals surface area contributed by atoms with Gasteiger partial charge in [0.2, 0.25) is 0 Å². The van der Waals surface area contributed by atoms with Crippen molar-refractivity contribution in [2.24, 2.45) is 0 Å². The Morgan fingerprint density at radius 3 is 2.50 bits per heavy atom. The zero-order valence-electron chi connectivity index (χ0n) is 15.9. The highest BCUT2D eigenvalue weighted by molar-refractivity contribution is 5.86. The van der Waals surface area contributed by atoms with Crippen LogP contribution in [0.2, 0.25) is 0 Å². The fourth-order valence-corrected chi connectivity index (χ4v) is 2.99. The van der Waals surface area contributed by atoms with Gasteiger partial charge in [0, 0.05) is 30.9 Å². The number of likely N-dealkylation sites (N-methyl/N-ethyl adjacent to an activating group) is 1. The number of hydrogen-bond donors (Lipinski definition) is 2. The van der Waals surface area contributed by atoms with Gasteiger partial charge in [-0.25, -0.2) is 15.0 Å². The standard InChI is InChI=1S/C18H22F3N7/c1-4-12(9-22-3)26-15-14-17(25-10-24-15)28(5-2)16(27-14)11-6-7-13(23-8-11)18(19,20)21/h6-8,10,12,22H,4-5,9H2,1-3H3,(H,24,25,26). The van der Waals surface area contributed by atoms with Gasteiger partial charge in [-0.3, -0.25) is 4.98 Å². The first kappa shape index (κ1) is 20.0. The number of hydrogen-bond acceptors (Lipinski definition) is 6. The van der Waals surface area contributed by atoms with Crippen LogP contribution in [-0.4, -0.2) is 44.1 Å². The van der Waals surface area contributed by atoms with E-state index in [0.29, 0.717) is 34.9 Å². The van der Waals surface area contributed by atoms with Gasteiger partial charge in [-0.05, 0) is 32.5 Å². The molecule has 0 amide bonds. The van der Waals surface area contributed by atoms with E-state index >= 15 is 0 Å². The molecule has 3 heterocycles. The van der Waals surface area contributed by atoms with Crippen molar-refractivity contribution in [1.82, 2.24) is 29.8 Å². The fraction of sp³-hybridized carbons (Fsp3) is 0.444. The Morgan fingerprint density at radius 2 is 1.93 bits per heavy atom. The molecule has 1 unspecified atom stereocenters. The molecule has 0 aromatic carbocycles. The first-order chi connectivity index (χ1) is 13.4. The number of aryl methyl sites for hydroxylation is 1. The van der Waals surface area contributed by atoms with Crippen molar-refractivity contribution in [1.29, 1.82) is 0 Å². The van der Waals surface area contributed by atoms with Gasteiger partial charge in [0.15, 0.2) is 17.0 Å². The van der Waals surface area contributed by atoms with Crippen LogP contribution in [0, 0.1) is 0 Å². The molecule has 0 fully saturated rings. The Labute approximate surface area is 160 Å². The van der Waals surface area contributed by atoms with E-state index in [4.69, 9.17) is 0 Å². The molecule has 1 atom stereocenters. The van der Waals surface area contributed by atoms with E-state index in [2.05, 4.69) is 37.5 Å². The molecule has 3 aromatic heterocycles. The number of nitrogens with one attached hydrogen (secondary N) is 2. The molecule has 7 nitrogen and oxygen atoms in total. The fourth-order valence-electron chi connectivity index (χ4n) is 2.99. The van der Waals surface area contributed by atoms with Crippen molar-refractivity contribution < 1.29 is 13.2 Å². The van der Waals surface area contributed by atoms with Crippen LogP contribution in [0.1, 0.15) is 26.0 Å². The van der Waals surface area contributed by atoms with E-state index in [1.165, 1.54) is 18.6 Å². The second-order valence-corrected chi connectivity index (χ2v) is 6.31. The van der Waals surface area contributed by atoms with Crippen molar-refractivity contribution in [3.63, 3.8) is 0 Å². The monoisotopic (exact) mass is 393 g/mol. The molecule has 0 saturated heterocycles. The van der Waals surface area contributed by atoms with Crippen LogP contribution in [0.5, 0.6) is 0 Å². The lowest BCUT2D eigenvalue weighted by Gasteiger charge is -2.16. The van der Waals surface area contributed by atoms with Crippen LogP contribution in [-0.2, 0) is 12.7 Å². The summed E-state index contributed by atoms with van der Waals surface area (Å²) in [6.07, 6.45) is -0.947. The molecule has 28 heavy (non-hydrogen) atoms. The molecule has 10 heteroatoms. The summed E-state index contributed by atoms with van der Waals surface area (Å²) in [6.45, 7) is 5.30. The van der Waals surface area contributed by atoms with Crippen molar-refractivity contribution in [3.8, 4) is 11.4 Å². The number of anilines is 1. The molecule has 0 aliphatic heterocycles. The van der Waals surface area contributed by atoms with E-state index in [-0.39, 0.29) is 6.04 Å². The molecule has 0 bridgehead atoms. The van der Waals surface area contributed by atoms with Crippen LogP contribution in [0.3, 0.4) is 0 Å². The molecule has 2 N–H and O–H groups in total.